The Morgan fingerprint density at radius 3 is 2.62 bits per heavy atom. The monoisotopic (exact) mass is 623 g/mol. The van der Waals surface area contributed by atoms with Crippen LogP contribution in [-0.2, 0) is 16.1 Å². The summed E-state index contributed by atoms with van der Waals surface area (Å²) < 4.78 is 18.8. The van der Waals surface area contributed by atoms with E-state index < -0.39 is 5.97 Å². The van der Waals surface area contributed by atoms with Crippen molar-refractivity contribution in [3.8, 4) is 11.5 Å². The molecule has 0 saturated heterocycles. The van der Waals surface area contributed by atoms with Crippen molar-refractivity contribution in [2.24, 2.45) is 4.99 Å². The summed E-state index contributed by atoms with van der Waals surface area (Å²) in [5.41, 5.74) is 2.57. The number of hydrogen-bond donors (Lipinski definition) is 0. The maximum absolute atomic E-state index is 12.3. The highest BCUT2D eigenvalue weighted by Crippen LogP contribution is 2.38. The molecule has 0 aliphatic carbocycles. The van der Waals surface area contributed by atoms with Crippen LogP contribution in [0.2, 0.25) is 5.02 Å². The van der Waals surface area contributed by atoms with E-state index in [2.05, 4.69) is 43.5 Å². The Balaban J connectivity index is 1.59. The second-order valence-electron chi connectivity index (χ2n) is 6.76. The lowest BCUT2D eigenvalue weighted by Gasteiger charge is -2.14. The zero-order valence-electron chi connectivity index (χ0n) is 16.8. The minimum Gasteiger partial charge on any atom is -0.493 e. The van der Waals surface area contributed by atoms with Crippen LogP contribution < -0.4 is 9.47 Å². The Kier molecular flexibility index (Phi) is 7.17. The van der Waals surface area contributed by atoms with E-state index in [1.165, 1.54) is 7.11 Å². The fraction of sp³-hybridized carbons (Fsp3) is 0.0833. The number of nitrogens with zero attached hydrogens (tertiary/aromatic N) is 1. The lowest BCUT2D eigenvalue weighted by Crippen LogP contribution is -2.05. The summed E-state index contributed by atoms with van der Waals surface area (Å²) in [4.78, 5) is 16.7. The van der Waals surface area contributed by atoms with Gasteiger partial charge in [0.15, 0.2) is 17.2 Å². The summed E-state index contributed by atoms with van der Waals surface area (Å²) in [6.07, 6.45) is 1.60. The molecule has 0 atom stereocenters. The largest absolute Gasteiger partial charge is 0.493 e. The zero-order valence-corrected chi connectivity index (χ0v) is 21.3. The van der Waals surface area contributed by atoms with Crippen LogP contribution in [0.5, 0.6) is 11.5 Å². The summed E-state index contributed by atoms with van der Waals surface area (Å²) in [5.74, 6) is 0.615. The molecule has 0 N–H and O–H groups in total. The van der Waals surface area contributed by atoms with Crippen molar-refractivity contribution in [1.82, 2.24) is 0 Å². The average Bonchev–Trinajstić information content (AvgIpc) is 3.14. The highest BCUT2D eigenvalue weighted by molar-refractivity contribution is 14.1. The highest BCUT2D eigenvalue weighted by Gasteiger charge is 2.24. The summed E-state index contributed by atoms with van der Waals surface area (Å²) >= 11 is 12.1. The molecule has 4 rings (SSSR count). The molecule has 1 aliphatic heterocycles. The first kappa shape index (κ1) is 22.8. The van der Waals surface area contributed by atoms with Gasteiger partial charge >= 0.3 is 5.97 Å². The number of benzene rings is 3. The molecule has 0 aromatic heterocycles. The van der Waals surface area contributed by atoms with Crippen LogP contribution in [0.15, 0.2) is 75.8 Å². The van der Waals surface area contributed by atoms with Crippen LogP contribution in [0.25, 0.3) is 6.08 Å². The van der Waals surface area contributed by atoms with Gasteiger partial charge in [0.05, 0.1) is 12.1 Å². The summed E-state index contributed by atoms with van der Waals surface area (Å²) in [7, 11) is 1.54. The van der Waals surface area contributed by atoms with Gasteiger partial charge in [0.25, 0.3) is 0 Å². The fourth-order valence-corrected chi connectivity index (χ4v) is 4.09. The van der Waals surface area contributed by atoms with Crippen molar-refractivity contribution in [3.63, 3.8) is 0 Å². The van der Waals surface area contributed by atoms with Gasteiger partial charge < -0.3 is 14.2 Å². The van der Waals surface area contributed by atoms with Gasteiger partial charge in [-0.25, -0.2) is 9.79 Å². The van der Waals surface area contributed by atoms with Crippen LogP contribution in [0.3, 0.4) is 0 Å². The maximum Gasteiger partial charge on any atom is 0.363 e. The number of esters is 1. The Labute approximate surface area is 212 Å². The van der Waals surface area contributed by atoms with E-state index in [1.54, 1.807) is 18.2 Å². The molecule has 1 aliphatic rings. The van der Waals surface area contributed by atoms with Crippen LogP contribution in [-0.4, -0.2) is 19.0 Å². The average molecular weight is 625 g/mol. The number of hydrogen-bond acceptors (Lipinski definition) is 5. The molecular formula is C24H16BrClINO4. The molecule has 0 bridgehead atoms. The third-order valence-corrected chi connectivity index (χ3v) is 6.46. The third kappa shape index (κ3) is 5.16. The Morgan fingerprint density at radius 1 is 1.16 bits per heavy atom. The molecule has 8 heteroatoms. The van der Waals surface area contributed by atoms with Gasteiger partial charge in [0, 0.05) is 19.2 Å². The van der Waals surface area contributed by atoms with Crippen molar-refractivity contribution >= 4 is 68.1 Å². The zero-order chi connectivity index (χ0) is 22.7. The van der Waals surface area contributed by atoms with Gasteiger partial charge in [0.1, 0.15) is 6.61 Å². The number of cyclic esters (lactones) is 1. The number of methoxy groups -OCH3 is 1. The van der Waals surface area contributed by atoms with E-state index in [9.17, 15) is 4.79 Å². The predicted octanol–water partition coefficient (Wildman–Crippen LogP) is 6.64. The van der Waals surface area contributed by atoms with E-state index in [-0.39, 0.29) is 11.6 Å². The number of ether oxygens (including phenoxy) is 3. The number of aliphatic imine (C=N–C) groups is 1. The second kappa shape index (κ2) is 10.1. The molecule has 5 nitrogen and oxygen atoms in total. The van der Waals surface area contributed by atoms with Gasteiger partial charge in [0.2, 0.25) is 5.90 Å². The molecule has 32 heavy (non-hydrogen) atoms. The summed E-state index contributed by atoms with van der Waals surface area (Å²) in [6.45, 7) is 0.350. The fourth-order valence-electron chi connectivity index (χ4n) is 3.01. The van der Waals surface area contributed by atoms with Gasteiger partial charge in [-0.15, -0.1) is 0 Å². The van der Waals surface area contributed by atoms with Crippen LogP contribution in [0, 0.1) is 3.57 Å². The first-order valence-electron chi connectivity index (χ1n) is 9.47. The predicted molar refractivity (Wildman–Crippen MR) is 136 cm³/mol. The normalized spacial score (nSPS) is 14.3. The van der Waals surface area contributed by atoms with E-state index in [1.807, 2.05) is 48.5 Å². The third-order valence-electron chi connectivity index (χ3n) is 4.60. The van der Waals surface area contributed by atoms with E-state index in [0.717, 1.165) is 13.6 Å². The van der Waals surface area contributed by atoms with E-state index in [0.29, 0.717) is 34.3 Å². The van der Waals surface area contributed by atoms with Crippen molar-refractivity contribution in [2.75, 3.05) is 7.11 Å². The first-order valence-corrected chi connectivity index (χ1v) is 11.7. The minimum atomic E-state index is -0.531. The number of carbonyl (C=O) groups excluding carboxylic acids is 1. The van der Waals surface area contributed by atoms with Crippen molar-refractivity contribution in [2.45, 2.75) is 6.61 Å². The first-order chi connectivity index (χ1) is 15.4. The van der Waals surface area contributed by atoms with E-state index in [4.69, 9.17) is 25.8 Å². The highest BCUT2D eigenvalue weighted by atomic mass is 127. The molecule has 3 aromatic rings. The lowest BCUT2D eigenvalue weighted by atomic mass is 10.1. The number of carbonyl (C=O) groups is 1. The standard InChI is InChI=1S/C24H16BrClINO4/c1-30-21-12-14(10-18(26)22(21)31-13-16-4-2-3-5-19(16)27)11-20-24(29)32-23(28-20)15-6-8-17(25)9-7-15/h2-12H,13H2,1H3/b20-11-. The van der Waals surface area contributed by atoms with Gasteiger partial charge in [-0.1, -0.05) is 45.7 Å². The molecule has 162 valence electrons. The summed E-state index contributed by atoms with van der Waals surface area (Å²) in [5, 5.41) is 0.366. The SMILES string of the molecule is COc1cc(/C=C2\N=C(c3ccc(Br)cc3)OC2=O)cc(Cl)c1OCc1ccccc1I. The second-order valence-corrected chi connectivity index (χ2v) is 9.24. The lowest BCUT2D eigenvalue weighted by molar-refractivity contribution is -0.129. The Morgan fingerprint density at radius 2 is 1.91 bits per heavy atom. The van der Waals surface area contributed by atoms with Gasteiger partial charge in [-0.3, -0.25) is 0 Å². The molecule has 0 amide bonds. The molecule has 0 fully saturated rings. The minimum absolute atomic E-state index is 0.175. The Hall–Kier alpha value is -2.36. The quantitative estimate of drug-likeness (QED) is 0.175. The molecule has 0 spiro atoms. The van der Waals surface area contributed by atoms with Crippen LogP contribution in [0.1, 0.15) is 16.7 Å². The van der Waals surface area contributed by atoms with Crippen molar-refractivity contribution in [3.05, 3.63) is 96.1 Å². The van der Waals surface area contributed by atoms with Crippen LogP contribution >= 0.6 is 50.1 Å². The molecule has 3 aromatic carbocycles. The van der Waals surface area contributed by atoms with Gasteiger partial charge in [-0.05, 0) is 76.7 Å². The van der Waals surface area contributed by atoms with Crippen molar-refractivity contribution in [1.29, 1.82) is 0 Å². The van der Waals surface area contributed by atoms with Gasteiger partial charge in [-0.2, -0.15) is 0 Å². The smallest absolute Gasteiger partial charge is 0.363 e. The van der Waals surface area contributed by atoms with Crippen molar-refractivity contribution < 1.29 is 19.0 Å². The maximum atomic E-state index is 12.3. The molecular weight excluding hydrogens is 609 g/mol. The van der Waals surface area contributed by atoms with E-state index >= 15 is 0 Å². The molecule has 0 radical (unpaired) electrons. The van der Waals surface area contributed by atoms with Crippen LogP contribution in [0.4, 0.5) is 0 Å². The molecule has 1 heterocycles. The summed E-state index contributed by atoms with van der Waals surface area (Å²) in [6, 6.07) is 18.7. The number of rotatable bonds is 6. The Bertz CT molecular complexity index is 1240. The molecule has 0 unspecified atom stereocenters. The molecule has 0 saturated carbocycles. The number of halogens is 3. The topological polar surface area (TPSA) is 57.1 Å².